The highest BCUT2D eigenvalue weighted by molar-refractivity contribution is 14.1. The lowest BCUT2D eigenvalue weighted by molar-refractivity contribution is 0.00578. The molecule has 22 rings (SSSR count). The van der Waals surface area contributed by atoms with Crippen molar-refractivity contribution < 1.29 is 9.31 Å². The number of fused-ring (bicyclic) bond motifs is 6. The predicted molar refractivity (Wildman–Crippen MR) is 461 cm³/mol. The Bertz CT molecular complexity index is 6550. The molecule has 25 heteroatoms. The Morgan fingerprint density at radius 1 is 0.452 bits per heavy atom. The number of aryl methyl sites for hydroxylation is 4. The van der Waals surface area contributed by atoms with Crippen molar-refractivity contribution in [3.05, 3.63) is 229 Å². The molecular weight excluding hydrogens is 1550 g/mol. The molecule has 3 aromatic carbocycles. The molecule has 0 spiro atoms. The first-order valence-electron chi connectivity index (χ1n) is 40.6. The average Bonchev–Trinajstić information content (AvgIpc) is 1.61. The van der Waals surface area contributed by atoms with Crippen LogP contribution in [0.15, 0.2) is 180 Å². The van der Waals surface area contributed by atoms with Crippen LogP contribution in [0.5, 0.6) is 0 Å². The van der Waals surface area contributed by atoms with Crippen LogP contribution in [-0.4, -0.2) is 106 Å². The number of aromatic nitrogens is 18. The standard InChI is InChI=1S/C28H28N6O.C28H26N6O.C26H23IN6O.C8H15BO2/c2*1-3-18-16-33(14-17-4-5-17)27-25(20-8-10-23(29-13-20)19-6-7-19)28(35)34(31-26(18)27)22-9-11-24-21(12-22)15-32(2)30-24;1-31-13-18-10-19(7-9-22(18)29-31)33-26(34)23(17-6-8-21(28-11-17)16-4-5-16)25-24(30-33)20(27)14-32(25)12-15-2-3-15;1-6-9-10-7(2,3)8(4,5)11-9/h8-13,15-17,19H,3-7,14H2,1-2H3;3,8-13,15-17,19H,1,4-7,14H2,2H3;6-11,13-16H,2-5,12H2,1H3;6H,1H2,2-5H3. The van der Waals surface area contributed by atoms with Crippen LogP contribution in [0.3, 0.4) is 0 Å². The molecule has 0 N–H and O–H groups in total. The van der Waals surface area contributed by atoms with Gasteiger partial charge < -0.3 is 23.0 Å². The second-order valence-electron chi connectivity index (χ2n) is 33.7. The van der Waals surface area contributed by atoms with Gasteiger partial charge in [-0.1, -0.05) is 43.8 Å². The molecule has 0 amide bonds. The van der Waals surface area contributed by atoms with Gasteiger partial charge in [-0.25, -0.2) is 0 Å². The zero-order valence-electron chi connectivity index (χ0n) is 66.2. The molecule has 6 aliphatic carbocycles. The normalized spacial score (nSPS) is 17.0. The molecule has 115 heavy (non-hydrogen) atoms. The summed E-state index contributed by atoms with van der Waals surface area (Å²) in [5.41, 5.74) is 19.3. The first kappa shape index (κ1) is 74.1. The molecule has 0 bridgehead atoms. The quantitative estimate of drug-likeness (QED) is 0.0575. The molecule has 0 unspecified atom stereocenters. The van der Waals surface area contributed by atoms with Gasteiger partial charge in [0.25, 0.3) is 16.7 Å². The van der Waals surface area contributed by atoms with E-state index in [1.807, 2.05) is 153 Å². The van der Waals surface area contributed by atoms with Gasteiger partial charge in [0.1, 0.15) is 16.6 Å². The van der Waals surface area contributed by atoms with Crippen LogP contribution >= 0.6 is 22.6 Å². The van der Waals surface area contributed by atoms with Crippen molar-refractivity contribution in [3.8, 4) is 50.4 Å². The molecule has 23 nitrogen and oxygen atoms in total. The minimum Gasteiger partial charge on any atom is -0.400 e. The maximum absolute atomic E-state index is 14.1. The zero-order valence-corrected chi connectivity index (χ0v) is 68.4. The van der Waals surface area contributed by atoms with Crippen LogP contribution in [0.4, 0.5) is 0 Å². The van der Waals surface area contributed by atoms with Gasteiger partial charge in [0, 0.05) is 170 Å². The van der Waals surface area contributed by atoms with Gasteiger partial charge in [0.15, 0.2) is 0 Å². The Kier molecular flexibility index (Phi) is 18.7. The molecular formula is C90H92BIN18O5. The Morgan fingerprint density at radius 2 is 0.809 bits per heavy atom. The predicted octanol–water partition coefficient (Wildman–Crippen LogP) is 16.9. The number of nitrogens with zero attached hydrogens (tertiary/aromatic N) is 18. The number of hydrogen-bond acceptors (Lipinski definition) is 14. The van der Waals surface area contributed by atoms with Crippen LogP contribution in [0.1, 0.15) is 158 Å². The van der Waals surface area contributed by atoms with Crippen molar-refractivity contribution in [2.45, 2.75) is 167 Å². The highest BCUT2D eigenvalue weighted by atomic mass is 127. The molecule has 15 aromatic rings. The highest BCUT2D eigenvalue weighted by Crippen LogP contribution is 2.45. The lowest BCUT2D eigenvalue weighted by atomic mass is 9.90. The number of benzene rings is 3. The molecule has 1 aliphatic heterocycles. The third-order valence-corrected chi connectivity index (χ3v) is 24.8. The van der Waals surface area contributed by atoms with E-state index in [-0.39, 0.29) is 35.0 Å². The van der Waals surface area contributed by atoms with Crippen LogP contribution in [0.2, 0.25) is 0 Å². The first-order valence-corrected chi connectivity index (χ1v) is 41.6. The van der Waals surface area contributed by atoms with Gasteiger partial charge >= 0.3 is 7.12 Å². The first-order chi connectivity index (χ1) is 55.6. The number of pyridine rings is 3. The summed E-state index contributed by atoms with van der Waals surface area (Å²) in [4.78, 5) is 56.5. The van der Waals surface area contributed by atoms with Crippen LogP contribution in [0.25, 0.3) is 122 Å². The topological polar surface area (TPSA) is 230 Å². The molecule has 1 saturated heterocycles. The molecule has 7 fully saturated rings. The fourth-order valence-electron chi connectivity index (χ4n) is 16.0. The third-order valence-electron chi connectivity index (χ3n) is 24.0. The monoisotopic (exact) mass is 1640 g/mol. The van der Waals surface area contributed by atoms with E-state index >= 15 is 0 Å². The van der Waals surface area contributed by atoms with E-state index in [1.54, 1.807) is 29.4 Å². The fraction of sp³-hybridized carbons (Fsp3) is 0.356. The highest BCUT2D eigenvalue weighted by Gasteiger charge is 2.50. The van der Waals surface area contributed by atoms with E-state index in [4.69, 9.17) is 39.6 Å². The summed E-state index contributed by atoms with van der Waals surface area (Å²) in [6.45, 7) is 20.7. The zero-order chi connectivity index (χ0) is 79.0. The molecule has 13 heterocycles. The van der Waals surface area contributed by atoms with Crippen LogP contribution in [-0.2, 0) is 56.5 Å². The molecule has 0 radical (unpaired) electrons. The summed E-state index contributed by atoms with van der Waals surface area (Å²) in [6.07, 6.45) is 35.3. The van der Waals surface area contributed by atoms with Gasteiger partial charge in [-0.15, -0.1) is 6.58 Å². The molecule has 582 valence electrons. The summed E-state index contributed by atoms with van der Waals surface area (Å²) < 4.78 is 28.9. The Morgan fingerprint density at radius 3 is 1.15 bits per heavy atom. The maximum Gasteiger partial charge on any atom is 0.486 e. The van der Waals surface area contributed by atoms with Crippen molar-refractivity contribution >= 4 is 102 Å². The molecule has 0 atom stereocenters. The smallest absolute Gasteiger partial charge is 0.400 e. The van der Waals surface area contributed by atoms with Crippen molar-refractivity contribution in [1.82, 2.24) is 87.3 Å². The second-order valence-corrected chi connectivity index (χ2v) is 34.8. The third kappa shape index (κ3) is 14.5. The van der Waals surface area contributed by atoms with Gasteiger partial charge in [-0.2, -0.15) is 44.6 Å². The Hall–Kier alpha value is -11.0. The SMILES string of the molecule is C=CB1OC(C)(C)C(C)(C)O1.C=Cc1cn(CC2CC2)c2c(-c3ccc(C4CC4)nc3)c(=O)n(-c3ccc4nn(C)cc4c3)nc12.CCc1cn(CC2CC2)c2c(-c3ccc(C4CC4)nc3)c(=O)n(-c3ccc4nn(C)cc4c3)nc12.Cn1cc2cc(-n3nc4c(I)cn(CC5CC5)c4c(-c4ccc(C5CC5)nc4)c3=O)ccc2n1. The van der Waals surface area contributed by atoms with Crippen molar-refractivity contribution in [2.75, 3.05) is 0 Å². The molecule has 6 saturated carbocycles. The van der Waals surface area contributed by atoms with E-state index < -0.39 is 0 Å². The number of hydrogen-bond donors (Lipinski definition) is 0. The van der Waals surface area contributed by atoms with Gasteiger partial charge in [-0.3, -0.25) is 43.4 Å². The van der Waals surface area contributed by atoms with Gasteiger partial charge in [0.2, 0.25) is 0 Å². The number of rotatable bonds is 18. The summed E-state index contributed by atoms with van der Waals surface area (Å²) in [5, 5.41) is 31.0. The minimum absolute atomic E-state index is 0.112. The largest absolute Gasteiger partial charge is 0.486 e. The lowest BCUT2D eigenvalue weighted by Crippen LogP contribution is -2.41. The second kappa shape index (κ2) is 29.1. The van der Waals surface area contributed by atoms with E-state index in [9.17, 15) is 14.4 Å². The van der Waals surface area contributed by atoms with Crippen molar-refractivity contribution in [2.24, 2.45) is 38.9 Å². The average molecular weight is 1640 g/mol. The Labute approximate surface area is 678 Å². The van der Waals surface area contributed by atoms with Crippen molar-refractivity contribution in [3.63, 3.8) is 0 Å². The Balaban J connectivity index is 0.000000108. The summed E-state index contributed by atoms with van der Waals surface area (Å²) >= 11 is 2.34. The lowest BCUT2D eigenvalue weighted by Gasteiger charge is -2.32. The van der Waals surface area contributed by atoms with Gasteiger partial charge in [0.05, 0.1) is 81.6 Å². The summed E-state index contributed by atoms with van der Waals surface area (Å²) in [7, 11) is 5.45. The molecule has 12 aromatic heterocycles. The molecule has 7 aliphatic rings. The van der Waals surface area contributed by atoms with Crippen molar-refractivity contribution in [1.29, 1.82) is 0 Å². The van der Waals surface area contributed by atoms with E-state index in [0.717, 1.165) is 146 Å². The van der Waals surface area contributed by atoms with Crippen LogP contribution < -0.4 is 16.7 Å². The minimum atomic E-state index is -0.250. The summed E-state index contributed by atoms with van der Waals surface area (Å²) in [5.74, 6) is 5.43. The van der Waals surface area contributed by atoms with E-state index in [0.29, 0.717) is 57.9 Å². The van der Waals surface area contributed by atoms with E-state index in [2.05, 4.69) is 121 Å². The maximum atomic E-state index is 14.1. The fourth-order valence-corrected chi connectivity index (χ4v) is 16.7. The summed E-state index contributed by atoms with van der Waals surface area (Å²) in [6, 6.07) is 30.0. The number of halogens is 1. The van der Waals surface area contributed by atoms with Gasteiger partial charge in [-0.05, 0) is 230 Å². The van der Waals surface area contributed by atoms with E-state index in [1.165, 1.54) is 87.3 Å². The van der Waals surface area contributed by atoms with Crippen LogP contribution in [0, 0.1) is 21.3 Å².